The lowest BCUT2D eigenvalue weighted by Crippen LogP contribution is -1.91. The summed E-state index contributed by atoms with van der Waals surface area (Å²) in [6.07, 6.45) is 1.69. The minimum absolute atomic E-state index is 0.232. The molecule has 0 bridgehead atoms. The lowest BCUT2D eigenvalue weighted by Gasteiger charge is -2.03. The van der Waals surface area contributed by atoms with Crippen molar-refractivity contribution < 1.29 is 4.39 Å². The standard InChI is InChI=1S/C13H8Cl2FN3S/c14-9-5-10(15)12-17-18-13(19(12)6-9)20-7-8-3-1-2-4-11(8)16/h1-6H,7H2. The van der Waals surface area contributed by atoms with Gasteiger partial charge in [-0.05, 0) is 17.7 Å². The Hall–Kier alpha value is -1.30. The number of pyridine rings is 1. The van der Waals surface area contributed by atoms with E-state index < -0.39 is 0 Å². The second-order valence-corrected chi connectivity index (χ2v) is 5.85. The van der Waals surface area contributed by atoms with Crippen LogP contribution in [-0.4, -0.2) is 14.6 Å². The van der Waals surface area contributed by atoms with Crippen LogP contribution in [0, 0.1) is 5.82 Å². The maximum absolute atomic E-state index is 13.6. The molecule has 2 aromatic heterocycles. The number of fused-ring (bicyclic) bond motifs is 1. The van der Waals surface area contributed by atoms with Crippen molar-refractivity contribution in [1.29, 1.82) is 0 Å². The Balaban J connectivity index is 1.90. The van der Waals surface area contributed by atoms with Crippen LogP contribution in [0.1, 0.15) is 5.56 Å². The van der Waals surface area contributed by atoms with E-state index in [1.54, 1.807) is 34.9 Å². The van der Waals surface area contributed by atoms with E-state index in [1.807, 2.05) is 0 Å². The average molecular weight is 328 g/mol. The second kappa shape index (κ2) is 5.60. The van der Waals surface area contributed by atoms with Gasteiger partial charge in [-0.3, -0.25) is 4.40 Å². The molecule has 0 atom stereocenters. The third-order valence-electron chi connectivity index (χ3n) is 2.71. The third-order valence-corrected chi connectivity index (χ3v) is 4.19. The van der Waals surface area contributed by atoms with E-state index in [2.05, 4.69) is 10.2 Å². The van der Waals surface area contributed by atoms with Gasteiger partial charge in [-0.1, -0.05) is 53.2 Å². The summed E-state index contributed by atoms with van der Waals surface area (Å²) in [4.78, 5) is 0. The number of hydrogen-bond acceptors (Lipinski definition) is 3. The van der Waals surface area contributed by atoms with Gasteiger partial charge in [0, 0.05) is 11.9 Å². The molecule has 3 aromatic rings. The Morgan fingerprint density at radius 3 is 2.80 bits per heavy atom. The molecule has 0 fully saturated rings. The molecule has 0 N–H and O–H groups in total. The highest BCUT2D eigenvalue weighted by atomic mass is 35.5. The topological polar surface area (TPSA) is 30.2 Å². The number of nitrogens with zero attached hydrogens (tertiary/aromatic N) is 3. The number of hydrogen-bond donors (Lipinski definition) is 0. The fourth-order valence-electron chi connectivity index (χ4n) is 1.76. The van der Waals surface area contributed by atoms with Gasteiger partial charge in [0.1, 0.15) is 5.82 Å². The van der Waals surface area contributed by atoms with E-state index in [0.717, 1.165) is 0 Å². The smallest absolute Gasteiger partial charge is 0.196 e. The molecule has 0 aliphatic heterocycles. The van der Waals surface area contributed by atoms with Gasteiger partial charge in [0.05, 0.1) is 10.0 Å². The van der Waals surface area contributed by atoms with E-state index in [9.17, 15) is 4.39 Å². The Labute approximate surface area is 128 Å². The molecule has 0 amide bonds. The van der Waals surface area contributed by atoms with Crippen molar-refractivity contribution in [3.8, 4) is 0 Å². The first-order valence-electron chi connectivity index (χ1n) is 5.71. The molecular weight excluding hydrogens is 320 g/mol. The minimum atomic E-state index is -0.232. The fourth-order valence-corrected chi connectivity index (χ4v) is 3.16. The maximum atomic E-state index is 13.6. The highest BCUT2D eigenvalue weighted by Crippen LogP contribution is 2.27. The maximum Gasteiger partial charge on any atom is 0.196 e. The molecule has 7 heteroatoms. The fraction of sp³-hybridized carbons (Fsp3) is 0.0769. The highest BCUT2D eigenvalue weighted by Gasteiger charge is 2.11. The summed E-state index contributed by atoms with van der Waals surface area (Å²) in [5.41, 5.74) is 1.15. The molecule has 20 heavy (non-hydrogen) atoms. The molecule has 0 radical (unpaired) electrons. The van der Waals surface area contributed by atoms with E-state index in [0.29, 0.717) is 32.2 Å². The zero-order chi connectivity index (χ0) is 14.1. The Bertz CT molecular complexity index is 775. The van der Waals surface area contributed by atoms with Crippen molar-refractivity contribution in [3.63, 3.8) is 0 Å². The van der Waals surface area contributed by atoms with Crippen molar-refractivity contribution >= 4 is 40.6 Å². The predicted octanol–water partition coefficient (Wildman–Crippen LogP) is 4.47. The summed E-state index contributed by atoms with van der Waals surface area (Å²) < 4.78 is 15.3. The molecule has 0 aliphatic carbocycles. The molecule has 0 spiro atoms. The number of halogens is 3. The van der Waals surface area contributed by atoms with Gasteiger partial charge in [0.15, 0.2) is 10.8 Å². The molecule has 1 aromatic carbocycles. The quantitative estimate of drug-likeness (QED) is 0.665. The molecule has 2 heterocycles. The Morgan fingerprint density at radius 2 is 2.00 bits per heavy atom. The minimum Gasteiger partial charge on any atom is -0.275 e. The Morgan fingerprint density at radius 1 is 1.20 bits per heavy atom. The Kier molecular flexibility index (Phi) is 3.83. The first-order valence-corrected chi connectivity index (χ1v) is 7.45. The summed E-state index contributed by atoms with van der Waals surface area (Å²) >= 11 is 13.4. The van der Waals surface area contributed by atoms with Crippen molar-refractivity contribution in [2.45, 2.75) is 10.9 Å². The molecule has 0 unspecified atom stereocenters. The summed E-state index contributed by atoms with van der Waals surface area (Å²) in [7, 11) is 0. The van der Waals surface area contributed by atoms with Crippen LogP contribution in [0.4, 0.5) is 4.39 Å². The van der Waals surface area contributed by atoms with Crippen molar-refractivity contribution in [3.05, 3.63) is 58.0 Å². The van der Waals surface area contributed by atoms with Crippen LogP contribution in [0.3, 0.4) is 0 Å². The second-order valence-electron chi connectivity index (χ2n) is 4.06. The average Bonchev–Trinajstić information content (AvgIpc) is 2.81. The number of rotatable bonds is 3. The van der Waals surface area contributed by atoms with Crippen LogP contribution in [0.15, 0.2) is 41.7 Å². The number of thioether (sulfide) groups is 1. The zero-order valence-electron chi connectivity index (χ0n) is 10.1. The normalized spacial score (nSPS) is 11.2. The monoisotopic (exact) mass is 327 g/mol. The van der Waals surface area contributed by atoms with Crippen LogP contribution < -0.4 is 0 Å². The molecule has 0 aliphatic rings. The largest absolute Gasteiger partial charge is 0.275 e. The van der Waals surface area contributed by atoms with Gasteiger partial charge in [0.2, 0.25) is 0 Å². The van der Waals surface area contributed by atoms with E-state index in [-0.39, 0.29) is 5.82 Å². The third kappa shape index (κ3) is 2.61. The zero-order valence-corrected chi connectivity index (χ0v) is 12.4. The van der Waals surface area contributed by atoms with Gasteiger partial charge in [0.25, 0.3) is 0 Å². The summed E-state index contributed by atoms with van der Waals surface area (Å²) in [5, 5.41) is 9.60. The highest BCUT2D eigenvalue weighted by molar-refractivity contribution is 7.98. The van der Waals surface area contributed by atoms with Crippen LogP contribution in [0.2, 0.25) is 10.0 Å². The van der Waals surface area contributed by atoms with Crippen LogP contribution in [0.5, 0.6) is 0 Å². The van der Waals surface area contributed by atoms with Crippen molar-refractivity contribution in [1.82, 2.24) is 14.6 Å². The SMILES string of the molecule is Fc1ccccc1CSc1nnc2c(Cl)cc(Cl)cn12. The first-order chi connectivity index (χ1) is 9.65. The van der Waals surface area contributed by atoms with E-state index >= 15 is 0 Å². The van der Waals surface area contributed by atoms with Gasteiger partial charge in [-0.15, -0.1) is 10.2 Å². The molecule has 0 saturated carbocycles. The summed E-state index contributed by atoms with van der Waals surface area (Å²) in [5.74, 6) is 0.224. The van der Waals surface area contributed by atoms with Crippen LogP contribution in [-0.2, 0) is 5.75 Å². The van der Waals surface area contributed by atoms with Crippen LogP contribution >= 0.6 is 35.0 Å². The van der Waals surface area contributed by atoms with Gasteiger partial charge < -0.3 is 0 Å². The lowest BCUT2D eigenvalue weighted by atomic mass is 10.2. The predicted molar refractivity (Wildman–Crippen MR) is 79.0 cm³/mol. The van der Waals surface area contributed by atoms with Crippen molar-refractivity contribution in [2.75, 3.05) is 0 Å². The number of benzene rings is 1. The van der Waals surface area contributed by atoms with Crippen LogP contribution in [0.25, 0.3) is 5.65 Å². The molecule has 102 valence electrons. The first kappa shape index (κ1) is 13.7. The summed E-state index contributed by atoms with van der Waals surface area (Å²) in [6, 6.07) is 8.25. The van der Waals surface area contributed by atoms with Crippen molar-refractivity contribution in [2.24, 2.45) is 0 Å². The van der Waals surface area contributed by atoms with Gasteiger partial charge in [-0.2, -0.15) is 0 Å². The number of aromatic nitrogens is 3. The van der Waals surface area contributed by atoms with Gasteiger partial charge in [-0.25, -0.2) is 4.39 Å². The molecule has 3 nitrogen and oxygen atoms in total. The lowest BCUT2D eigenvalue weighted by molar-refractivity contribution is 0.617. The van der Waals surface area contributed by atoms with E-state index in [4.69, 9.17) is 23.2 Å². The van der Waals surface area contributed by atoms with Gasteiger partial charge >= 0.3 is 0 Å². The molecule has 3 rings (SSSR count). The van der Waals surface area contributed by atoms with E-state index in [1.165, 1.54) is 17.8 Å². The molecular formula is C13H8Cl2FN3S. The molecule has 0 saturated heterocycles. The summed E-state index contributed by atoms with van der Waals surface area (Å²) in [6.45, 7) is 0.